The van der Waals surface area contributed by atoms with Crippen LogP contribution in [0.3, 0.4) is 0 Å². The zero-order chi connectivity index (χ0) is 11.5. The Bertz CT molecular complexity index is 397. The average molecular weight is 235 g/mol. The number of carbonyl (C=O) groups is 1. The maximum Gasteiger partial charge on any atom is 0.180 e. The molecule has 0 amide bonds. The molecule has 16 heavy (non-hydrogen) atoms. The molecule has 1 fully saturated rings. The topological polar surface area (TPSA) is 29.1 Å². The van der Waals surface area contributed by atoms with Crippen molar-refractivity contribution in [2.75, 3.05) is 12.8 Å². The number of aryl methyl sites for hydroxylation is 1. The second kappa shape index (κ2) is 5.02. The molecular weight excluding hydrogens is 218 g/mol. The van der Waals surface area contributed by atoms with Gasteiger partial charge in [-0.15, -0.1) is 11.8 Å². The molecule has 1 aliphatic rings. The predicted octanol–water partition coefficient (Wildman–Crippen LogP) is 2.65. The third-order valence-electron chi connectivity index (χ3n) is 3.00. The van der Waals surface area contributed by atoms with E-state index in [1.165, 1.54) is 0 Å². The molecule has 0 bridgehead atoms. The summed E-state index contributed by atoms with van der Waals surface area (Å²) in [5.74, 6) is 0.255. The zero-order valence-electron chi connectivity index (χ0n) is 9.75. The molecule has 0 saturated carbocycles. The van der Waals surface area contributed by atoms with Gasteiger partial charge < -0.3 is 5.32 Å². The van der Waals surface area contributed by atoms with Crippen molar-refractivity contribution in [3.63, 3.8) is 0 Å². The predicted molar refractivity (Wildman–Crippen MR) is 68.3 cm³/mol. The lowest BCUT2D eigenvalue weighted by molar-refractivity contribution is 0.0949. The molecule has 1 N–H and O–H groups in total. The standard InChI is InChI=1S/C13H17NOS/c1-9-5-6-12(16-2)10(8-9)13(15)11-4-3-7-14-11/h5-6,8,11,14H,3-4,7H2,1-2H3. The summed E-state index contributed by atoms with van der Waals surface area (Å²) in [5, 5.41) is 3.27. The van der Waals surface area contributed by atoms with Crippen LogP contribution in [0.1, 0.15) is 28.8 Å². The maximum atomic E-state index is 12.3. The fourth-order valence-electron chi connectivity index (χ4n) is 2.11. The van der Waals surface area contributed by atoms with Gasteiger partial charge in [-0.2, -0.15) is 0 Å². The summed E-state index contributed by atoms with van der Waals surface area (Å²) in [6.45, 7) is 3.00. The van der Waals surface area contributed by atoms with Gasteiger partial charge in [0.2, 0.25) is 0 Å². The highest BCUT2D eigenvalue weighted by Gasteiger charge is 2.24. The van der Waals surface area contributed by atoms with Crippen LogP contribution in [0.5, 0.6) is 0 Å². The van der Waals surface area contributed by atoms with Crippen LogP contribution in [0.2, 0.25) is 0 Å². The second-order valence-corrected chi connectivity index (χ2v) is 5.07. The quantitative estimate of drug-likeness (QED) is 0.645. The first-order valence-electron chi connectivity index (χ1n) is 5.64. The minimum atomic E-state index is 0.0349. The van der Waals surface area contributed by atoms with Crippen molar-refractivity contribution >= 4 is 17.5 Å². The number of thioether (sulfide) groups is 1. The van der Waals surface area contributed by atoms with Crippen molar-refractivity contribution < 1.29 is 4.79 Å². The lowest BCUT2D eigenvalue weighted by Gasteiger charge is -2.12. The highest BCUT2D eigenvalue weighted by atomic mass is 32.2. The van der Waals surface area contributed by atoms with E-state index >= 15 is 0 Å². The first-order chi connectivity index (χ1) is 7.72. The Morgan fingerprint density at radius 2 is 2.31 bits per heavy atom. The summed E-state index contributed by atoms with van der Waals surface area (Å²) in [6.07, 6.45) is 4.10. The first-order valence-corrected chi connectivity index (χ1v) is 6.87. The normalized spacial score (nSPS) is 20.0. The molecule has 1 aliphatic heterocycles. The Hall–Kier alpha value is -0.800. The maximum absolute atomic E-state index is 12.3. The number of hydrogen-bond donors (Lipinski definition) is 1. The molecule has 0 radical (unpaired) electrons. The zero-order valence-corrected chi connectivity index (χ0v) is 10.6. The van der Waals surface area contributed by atoms with Gasteiger partial charge >= 0.3 is 0 Å². The van der Waals surface area contributed by atoms with Crippen molar-refractivity contribution in [3.05, 3.63) is 29.3 Å². The molecule has 2 rings (SSSR count). The van der Waals surface area contributed by atoms with Crippen molar-refractivity contribution in [1.29, 1.82) is 0 Å². The Morgan fingerprint density at radius 3 is 2.94 bits per heavy atom. The molecule has 0 aliphatic carbocycles. The van der Waals surface area contributed by atoms with Crippen LogP contribution in [-0.4, -0.2) is 24.6 Å². The molecule has 0 spiro atoms. The highest BCUT2D eigenvalue weighted by Crippen LogP contribution is 2.24. The van der Waals surface area contributed by atoms with Gasteiger partial charge in [-0.3, -0.25) is 4.79 Å². The minimum Gasteiger partial charge on any atom is -0.307 e. The number of ketones is 1. The highest BCUT2D eigenvalue weighted by molar-refractivity contribution is 7.98. The van der Waals surface area contributed by atoms with E-state index in [1.807, 2.05) is 25.3 Å². The van der Waals surface area contributed by atoms with Gasteiger partial charge in [-0.05, 0) is 44.7 Å². The van der Waals surface area contributed by atoms with Crippen molar-refractivity contribution in [3.8, 4) is 0 Å². The minimum absolute atomic E-state index is 0.0349. The lowest BCUT2D eigenvalue weighted by atomic mass is 10.0. The van der Waals surface area contributed by atoms with Crippen LogP contribution in [0.4, 0.5) is 0 Å². The molecule has 1 aromatic rings. The number of Topliss-reactive ketones (excluding diaryl/α,β-unsaturated/α-hetero) is 1. The average Bonchev–Trinajstić information content (AvgIpc) is 2.81. The first kappa shape index (κ1) is 11.7. The number of hydrogen-bond acceptors (Lipinski definition) is 3. The monoisotopic (exact) mass is 235 g/mol. The van der Waals surface area contributed by atoms with E-state index in [2.05, 4.69) is 11.4 Å². The van der Waals surface area contributed by atoms with Gasteiger partial charge in [0.05, 0.1) is 6.04 Å². The molecule has 86 valence electrons. The van der Waals surface area contributed by atoms with Crippen molar-refractivity contribution in [2.24, 2.45) is 0 Å². The summed E-state index contributed by atoms with van der Waals surface area (Å²) in [7, 11) is 0. The molecule has 1 atom stereocenters. The molecule has 0 aromatic heterocycles. The summed E-state index contributed by atoms with van der Waals surface area (Å²) >= 11 is 1.64. The van der Waals surface area contributed by atoms with E-state index in [0.717, 1.165) is 35.4 Å². The van der Waals surface area contributed by atoms with E-state index in [1.54, 1.807) is 11.8 Å². The van der Waals surface area contributed by atoms with Gasteiger partial charge in [-0.25, -0.2) is 0 Å². The smallest absolute Gasteiger partial charge is 0.180 e. The van der Waals surface area contributed by atoms with E-state index in [-0.39, 0.29) is 11.8 Å². The van der Waals surface area contributed by atoms with E-state index < -0.39 is 0 Å². The molecule has 1 aromatic carbocycles. The Kier molecular flexibility index (Phi) is 3.66. The third-order valence-corrected chi connectivity index (χ3v) is 3.79. The molecule has 1 unspecified atom stereocenters. The fourth-order valence-corrected chi connectivity index (χ4v) is 2.69. The number of nitrogens with one attached hydrogen (secondary N) is 1. The van der Waals surface area contributed by atoms with E-state index in [9.17, 15) is 4.79 Å². The Balaban J connectivity index is 2.30. The van der Waals surface area contributed by atoms with Gasteiger partial charge in [-0.1, -0.05) is 11.6 Å². The summed E-state index contributed by atoms with van der Waals surface area (Å²) in [6, 6.07) is 6.15. The van der Waals surface area contributed by atoms with Gasteiger partial charge in [0.25, 0.3) is 0 Å². The largest absolute Gasteiger partial charge is 0.307 e. The van der Waals surface area contributed by atoms with Gasteiger partial charge in [0.1, 0.15) is 0 Å². The molecule has 1 heterocycles. The summed E-state index contributed by atoms with van der Waals surface area (Å²) in [5.41, 5.74) is 2.03. The SMILES string of the molecule is CSc1ccc(C)cc1C(=O)C1CCCN1. The number of benzene rings is 1. The Morgan fingerprint density at radius 1 is 1.50 bits per heavy atom. The fraction of sp³-hybridized carbons (Fsp3) is 0.462. The lowest BCUT2D eigenvalue weighted by Crippen LogP contribution is -2.31. The third kappa shape index (κ3) is 2.30. The Labute approximate surface area is 101 Å². The number of carbonyl (C=O) groups excluding carboxylic acids is 1. The van der Waals surface area contributed by atoms with Crippen LogP contribution in [0.25, 0.3) is 0 Å². The van der Waals surface area contributed by atoms with Crippen LogP contribution in [0, 0.1) is 6.92 Å². The van der Waals surface area contributed by atoms with Crippen molar-refractivity contribution in [1.82, 2.24) is 5.32 Å². The molecule has 2 nitrogen and oxygen atoms in total. The van der Waals surface area contributed by atoms with E-state index in [4.69, 9.17) is 0 Å². The molecule has 1 saturated heterocycles. The van der Waals surface area contributed by atoms with Crippen LogP contribution < -0.4 is 5.32 Å². The second-order valence-electron chi connectivity index (χ2n) is 4.22. The molecular formula is C13H17NOS. The van der Waals surface area contributed by atoms with Gasteiger partial charge in [0, 0.05) is 10.5 Å². The summed E-state index contributed by atoms with van der Waals surface area (Å²) in [4.78, 5) is 13.4. The van der Waals surface area contributed by atoms with Crippen LogP contribution >= 0.6 is 11.8 Å². The molecule has 3 heteroatoms. The van der Waals surface area contributed by atoms with Crippen molar-refractivity contribution in [2.45, 2.75) is 30.7 Å². The van der Waals surface area contributed by atoms with E-state index in [0.29, 0.717) is 0 Å². The van der Waals surface area contributed by atoms with Crippen LogP contribution in [0.15, 0.2) is 23.1 Å². The van der Waals surface area contributed by atoms with Crippen LogP contribution in [-0.2, 0) is 0 Å². The van der Waals surface area contributed by atoms with Gasteiger partial charge in [0.15, 0.2) is 5.78 Å². The summed E-state index contributed by atoms with van der Waals surface area (Å²) < 4.78 is 0. The number of rotatable bonds is 3.